The molecule has 2 fully saturated rings. The van der Waals surface area contributed by atoms with Gasteiger partial charge in [0.25, 0.3) is 0 Å². The van der Waals surface area contributed by atoms with Crippen LogP contribution >= 0.6 is 11.6 Å². The lowest BCUT2D eigenvalue weighted by Crippen LogP contribution is -2.52. The van der Waals surface area contributed by atoms with E-state index < -0.39 is 6.10 Å². The van der Waals surface area contributed by atoms with Crippen molar-refractivity contribution in [2.45, 2.75) is 50.2 Å². The van der Waals surface area contributed by atoms with E-state index in [9.17, 15) is 9.90 Å². The van der Waals surface area contributed by atoms with Gasteiger partial charge in [0.2, 0.25) is 5.91 Å². The summed E-state index contributed by atoms with van der Waals surface area (Å²) in [6.07, 6.45) is 3.54. The number of anilines is 1. The lowest BCUT2D eigenvalue weighted by molar-refractivity contribution is -0.134. The van der Waals surface area contributed by atoms with Crippen LogP contribution in [0.4, 0.5) is 5.82 Å². The van der Waals surface area contributed by atoms with Crippen LogP contribution in [0.1, 0.15) is 60.9 Å². The molecule has 5 rings (SSSR count). The van der Waals surface area contributed by atoms with Gasteiger partial charge in [0.1, 0.15) is 12.1 Å². The lowest BCUT2D eigenvalue weighted by atomic mass is 9.88. The summed E-state index contributed by atoms with van der Waals surface area (Å²) in [5, 5.41) is 11.0. The van der Waals surface area contributed by atoms with Crippen molar-refractivity contribution in [2.75, 3.05) is 38.1 Å². The van der Waals surface area contributed by atoms with E-state index in [-0.39, 0.29) is 23.8 Å². The average Bonchev–Trinajstić information content (AvgIpc) is 3.33. The van der Waals surface area contributed by atoms with E-state index in [2.05, 4.69) is 33.3 Å². The fraction of sp³-hybridized carbons (Fsp3) is 0.500. The molecule has 1 aromatic carbocycles. The zero-order chi connectivity index (χ0) is 24.0. The van der Waals surface area contributed by atoms with Crippen LogP contribution in [0.3, 0.4) is 0 Å². The first-order valence-corrected chi connectivity index (χ1v) is 12.5. The largest absolute Gasteiger partial charge is 0.387 e. The third-order valence-corrected chi connectivity index (χ3v) is 8.03. The van der Waals surface area contributed by atoms with E-state index in [0.717, 1.165) is 41.2 Å². The number of carbonyl (C=O) groups is 1. The van der Waals surface area contributed by atoms with Gasteiger partial charge in [-0.2, -0.15) is 0 Å². The number of amides is 1. The second-order valence-electron chi connectivity index (χ2n) is 9.77. The molecule has 2 aromatic rings. The third-order valence-electron chi connectivity index (χ3n) is 7.77. The number of likely N-dealkylation sites (tertiary alicyclic amines) is 1. The second kappa shape index (κ2) is 9.19. The number of allylic oxidation sites excluding steroid dienone is 1. The van der Waals surface area contributed by atoms with Crippen molar-refractivity contribution in [3.63, 3.8) is 0 Å². The number of piperazine rings is 1. The molecule has 3 heterocycles. The van der Waals surface area contributed by atoms with Gasteiger partial charge in [0, 0.05) is 55.6 Å². The maximum absolute atomic E-state index is 13.9. The van der Waals surface area contributed by atoms with E-state index in [1.807, 2.05) is 36.2 Å². The van der Waals surface area contributed by atoms with Gasteiger partial charge in [-0.3, -0.25) is 4.79 Å². The van der Waals surface area contributed by atoms with Gasteiger partial charge < -0.3 is 19.8 Å². The number of hydrogen-bond acceptors (Lipinski definition) is 6. The predicted molar refractivity (Wildman–Crippen MR) is 133 cm³/mol. The summed E-state index contributed by atoms with van der Waals surface area (Å²) in [6.45, 7) is 8.97. The maximum atomic E-state index is 13.9. The standard InChI is InChI=1S/C26H32ClN5O2/c1-16-14-21(33)24-22(16)25(29-15-28-24)31-10-12-32(13-11-31)26(34)23(18-5-7-19(27)8-6-18)20-9-4-17(2)30(20)3/h5-8,15-16,20-21,23,33H,2,4,9-14H2,1,3H3/t16-,20+,21+,23+/m1/s1. The van der Waals surface area contributed by atoms with E-state index in [1.165, 1.54) is 0 Å². The van der Waals surface area contributed by atoms with Crippen LogP contribution in [0, 0.1) is 0 Å². The molecule has 1 aliphatic carbocycles. The maximum Gasteiger partial charge on any atom is 0.232 e. The molecule has 2 saturated heterocycles. The van der Waals surface area contributed by atoms with Crippen LogP contribution < -0.4 is 4.90 Å². The van der Waals surface area contributed by atoms with Gasteiger partial charge in [-0.05, 0) is 42.9 Å². The van der Waals surface area contributed by atoms with Crippen LogP contribution in [-0.2, 0) is 4.79 Å². The van der Waals surface area contributed by atoms with Gasteiger partial charge in [-0.1, -0.05) is 37.2 Å². The molecule has 1 amide bonds. The highest BCUT2D eigenvalue weighted by molar-refractivity contribution is 6.30. The minimum atomic E-state index is -0.520. The number of carbonyl (C=O) groups excluding carboxylic acids is 1. The van der Waals surface area contributed by atoms with E-state index >= 15 is 0 Å². The fourth-order valence-electron chi connectivity index (χ4n) is 5.80. The number of aliphatic hydroxyl groups excluding tert-OH is 1. The zero-order valence-corrected chi connectivity index (χ0v) is 20.6. The number of halogens is 1. The Morgan fingerprint density at radius 1 is 1.18 bits per heavy atom. The fourth-order valence-corrected chi connectivity index (χ4v) is 5.92. The normalized spacial score (nSPS) is 25.6. The van der Waals surface area contributed by atoms with Crippen LogP contribution in [0.15, 0.2) is 42.9 Å². The molecule has 7 nitrogen and oxygen atoms in total. The number of aliphatic hydroxyl groups is 1. The Morgan fingerprint density at radius 3 is 2.53 bits per heavy atom. The highest BCUT2D eigenvalue weighted by Crippen LogP contribution is 2.43. The highest BCUT2D eigenvalue weighted by Gasteiger charge is 2.40. The Morgan fingerprint density at radius 2 is 1.88 bits per heavy atom. The Balaban J connectivity index is 1.35. The molecular formula is C26H32ClN5O2. The second-order valence-corrected chi connectivity index (χ2v) is 10.2. The highest BCUT2D eigenvalue weighted by atomic mass is 35.5. The van der Waals surface area contributed by atoms with Crippen LogP contribution in [0.2, 0.25) is 5.02 Å². The Hall–Kier alpha value is -2.64. The van der Waals surface area contributed by atoms with Crippen molar-refractivity contribution in [1.29, 1.82) is 0 Å². The van der Waals surface area contributed by atoms with Crippen LogP contribution in [-0.4, -0.2) is 70.1 Å². The van der Waals surface area contributed by atoms with Crippen molar-refractivity contribution < 1.29 is 9.90 Å². The summed E-state index contributed by atoms with van der Waals surface area (Å²) in [5.41, 5.74) is 3.89. The number of likely N-dealkylation sites (N-methyl/N-ethyl adjacent to an activating group) is 1. The molecule has 3 aliphatic rings. The summed E-state index contributed by atoms with van der Waals surface area (Å²) < 4.78 is 0. The summed E-state index contributed by atoms with van der Waals surface area (Å²) in [6, 6.07) is 7.78. The van der Waals surface area contributed by atoms with Gasteiger partial charge in [0.15, 0.2) is 0 Å². The Kier molecular flexibility index (Phi) is 6.25. The van der Waals surface area contributed by atoms with Crippen LogP contribution in [0.25, 0.3) is 0 Å². The predicted octanol–water partition coefficient (Wildman–Crippen LogP) is 3.71. The first-order chi connectivity index (χ1) is 16.3. The van der Waals surface area contributed by atoms with Crippen molar-refractivity contribution >= 4 is 23.3 Å². The molecule has 0 bridgehead atoms. The zero-order valence-electron chi connectivity index (χ0n) is 19.8. The SMILES string of the molecule is C=C1CC[C@@H]([C@@H](C(=O)N2CCN(c3ncnc4c3[C@H](C)C[C@@H]4O)CC2)c2ccc(Cl)cc2)N1C. The molecule has 0 unspecified atom stereocenters. The number of hydrogen-bond donors (Lipinski definition) is 1. The third kappa shape index (κ3) is 4.05. The number of rotatable bonds is 4. The average molecular weight is 482 g/mol. The van der Waals surface area contributed by atoms with Crippen molar-refractivity contribution in [1.82, 2.24) is 19.8 Å². The molecule has 180 valence electrons. The molecule has 4 atom stereocenters. The minimum Gasteiger partial charge on any atom is -0.387 e. The lowest BCUT2D eigenvalue weighted by Gasteiger charge is -2.39. The molecule has 1 aromatic heterocycles. The van der Waals surface area contributed by atoms with Crippen molar-refractivity contribution in [3.05, 3.63) is 64.7 Å². The van der Waals surface area contributed by atoms with E-state index in [0.29, 0.717) is 37.6 Å². The molecule has 0 radical (unpaired) electrons. The van der Waals surface area contributed by atoms with Crippen molar-refractivity contribution in [2.24, 2.45) is 0 Å². The topological polar surface area (TPSA) is 72.8 Å². The molecule has 0 spiro atoms. The first kappa shape index (κ1) is 23.1. The summed E-state index contributed by atoms with van der Waals surface area (Å²) in [7, 11) is 2.04. The minimum absolute atomic E-state index is 0.0895. The van der Waals surface area contributed by atoms with Crippen molar-refractivity contribution in [3.8, 4) is 0 Å². The summed E-state index contributed by atoms with van der Waals surface area (Å²) in [4.78, 5) is 29.2. The number of benzene rings is 1. The molecular weight excluding hydrogens is 450 g/mol. The van der Waals surface area contributed by atoms with Gasteiger partial charge in [0.05, 0.1) is 17.7 Å². The van der Waals surface area contributed by atoms with E-state index in [1.54, 1.807) is 6.33 Å². The number of nitrogens with zero attached hydrogens (tertiary/aromatic N) is 5. The van der Waals surface area contributed by atoms with Gasteiger partial charge in [-0.15, -0.1) is 0 Å². The first-order valence-electron chi connectivity index (χ1n) is 12.1. The Labute approximate surface area is 206 Å². The monoisotopic (exact) mass is 481 g/mol. The molecule has 1 N–H and O–H groups in total. The van der Waals surface area contributed by atoms with Gasteiger partial charge in [-0.25, -0.2) is 9.97 Å². The molecule has 8 heteroatoms. The summed E-state index contributed by atoms with van der Waals surface area (Å²) in [5.74, 6) is 1.03. The molecule has 2 aliphatic heterocycles. The van der Waals surface area contributed by atoms with E-state index in [4.69, 9.17) is 11.6 Å². The van der Waals surface area contributed by atoms with Crippen LogP contribution in [0.5, 0.6) is 0 Å². The van der Waals surface area contributed by atoms with Gasteiger partial charge >= 0.3 is 0 Å². The Bertz CT molecular complexity index is 1080. The summed E-state index contributed by atoms with van der Waals surface area (Å²) >= 11 is 6.14. The smallest absolute Gasteiger partial charge is 0.232 e. The number of fused-ring (bicyclic) bond motifs is 1. The molecule has 0 saturated carbocycles. The molecule has 34 heavy (non-hydrogen) atoms. The quantitative estimate of drug-likeness (QED) is 0.717. The number of aromatic nitrogens is 2.